The van der Waals surface area contributed by atoms with Gasteiger partial charge < -0.3 is 10.1 Å². The molecule has 1 aliphatic heterocycles. The van der Waals surface area contributed by atoms with Crippen LogP contribution < -0.4 is 15.5 Å². The summed E-state index contributed by atoms with van der Waals surface area (Å²) in [5, 5.41) is 12.3. The zero-order valence-corrected chi connectivity index (χ0v) is 16.2. The van der Waals surface area contributed by atoms with Crippen molar-refractivity contribution in [2.45, 2.75) is 18.9 Å². The van der Waals surface area contributed by atoms with Crippen LogP contribution in [0.1, 0.15) is 24.5 Å². The van der Waals surface area contributed by atoms with Crippen molar-refractivity contribution in [2.75, 3.05) is 6.61 Å². The average Bonchev–Trinajstić information content (AvgIpc) is 2.98. The largest absolute Gasteiger partial charge is 0.482 e. The van der Waals surface area contributed by atoms with Gasteiger partial charge in [-0.15, -0.1) is 0 Å². The van der Waals surface area contributed by atoms with Gasteiger partial charge in [0.2, 0.25) is 0 Å². The number of nitriles is 1. The van der Waals surface area contributed by atoms with E-state index in [1.807, 2.05) is 6.07 Å². The lowest BCUT2D eigenvalue weighted by Gasteiger charge is -2.25. The number of amides is 4. The van der Waals surface area contributed by atoms with Gasteiger partial charge in [-0.05, 0) is 30.2 Å². The summed E-state index contributed by atoms with van der Waals surface area (Å²) in [6.07, 6.45) is 0.311. The summed E-state index contributed by atoms with van der Waals surface area (Å²) in [7, 11) is 0. The zero-order chi connectivity index (χ0) is 21.0. The van der Waals surface area contributed by atoms with Crippen LogP contribution in [0.4, 0.5) is 4.79 Å². The Labute approximate surface area is 172 Å². The number of rotatable bonds is 6. The number of hydrogen-bond donors (Lipinski definition) is 2. The summed E-state index contributed by atoms with van der Waals surface area (Å²) in [4.78, 5) is 37.5. The van der Waals surface area contributed by atoms with E-state index in [1.54, 1.807) is 37.3 Å². The quantitative estimate of drug-likeness (QED) is 0.708. The number of hydrazine groups is 1. The lowest BCUT2D eigenvalue weighted by Crippen LogP contribution is -2.49. The molecule has 2 aromatic carbocycles. The van der Waals surface area contributed by atoms with Gasteiger partial charge in [0.25, 0.3) is 11.8 Å². The van der Waals surface area contributed by atoms with Crippen molar-refractivity contribution >= 4 is 29.4 Å². The Hall–Kier alpha value is -3.57. The summed E-state index contributed by atoms with van der Waals surface area (Å²) in [5.74, 6) is -1.10. The minimum absolute atomic E-state index is 0.168. The number of halogens is 1. The van der Waals surface area contributed by atoms with E-state index in [1.165, 1.54) is 18.2 Å². The Bertz CT molecular complexity index is 1010. The molecular weight excluding hydrogens is 396 g/mol. The summed E-state index contributed by atoms with van der Waals surface area (Å²) in [6, 6.07) is 14.4. The molecular formula is C20H17ClN4O4. The van der Waals surface area contributed by atoms with Crippen LogP contribution in [-0.2, 0) is 15.1 Å². The Morgan fingerprint density at radius 3 is 2.62 bits per heavy atom. The van der Waals surface area contributed by atoms with Gasteiger partial charge in [0.05, 0.1) is 16.7 Å². The summed E-state index contributed by atoms with van der Waals surface area (Å²) in [6.45, 7) is 1.29. The number of carbonyl (C=O) groups is 3. The predicted molar refractivity (Wildman–Crippen MR) is 104 cm³/mol. The van der Waals surface area contributed by atoms with Crippen LogP contribution in [-0.4, -0.2) is 29.5 Å². The Balaban J connectivity index is 1.68. The molecule has 0 unspecified atom stereocenters. The van der Waals surface area contributed by atoms with E-state index >= 15 is 0 Å². The van der Waals surface area contributed by atoms with Crippen LogP contribution in [0.2, 0.25) is 5.02 Å². The van der Waals surface area contributed by atoms with Crippen molar-refractivity contribution in [2.24, 2.45) is 0 Å². The minimum atomic E-state index is -1.25. The Morgan fingerprint density at radius 2 is 2.00 bits per heavy atom. The van der Waals surface area contributed by atoms with Gasteiger partial charge in [-0.3, -0.25) is 15.0 Å². The third kappa shape index (κ3) is 3.86. The highest BCUT2D eigenvalue weighted by Gasteiger charge is 2.52. The smallest absolute Gasteiger partial charge is 0.344 e. The fraction of sp³-hybridized carbons (Fsp3) is 0.200. The van der Waals surface area contributed by atoms with E-state index in [0.717, 1.165) is 0 Å². The number of nitrogens with one attached hydrogen (secondary N) is 2. The third-order valence-electron chi connectivity index (χ3n) is 4.54. The molecule has 2 N–H and O–H groups in total. The first-order valence-electron chi connectivity index (χ1n) is 8.75. The molecule has 1 heterocycles. The molecule has 8 nitrogen and oxygen atoms in total. The first kappa shape index (κ1) is 20.2. The van der Waals surface area contributed by atoms with Crippen molar-refractivity contribution < 1.29 is 19.1 Å². The van der Waals surface area contributed by atoms with Crippen molar-refractivity contribution in [3.05, 3.63) is 64.7 Å². The molecule has 9 heteroatoms. The lowest BCUT2D eigenvalue weighted by molar-refractivity contribution is -0.140. The highest BCUT2D eigenvalue weighted by molar-refractivity contribution is 6.32. The molecule has 0 spiro atoms. The molecule has 0 bridgehead atoms. The number of urea groups is 1. The predicted octanol–water partition coefficient (Wildman–Crippen LogP) is 2.48. The average molecular weight is 413 g/mol. The molecule has 4 amide bonds. The van der Waals surface area contributed by atoms with Crippen molar-refractivity contribution in [1.82, 2.24) is 15.8 Å². The molecule has 29 heavy (non-hydrogen) atoms. The van der Waals surface area contributed by atoms with Gasteiger partial charge in [0, 0.05) is 0 Å². The number of imide groups is 1. The maximum Gasteiger partial charge on any atom is 0.344 e. The van der Waals surface area contributed by atoms with E-state index in [2.05, 4.69) is 10.7 Å². The summed E-state index contributed by atoms with van der Waals surface area (Å²) >= 11 is 6.00. The van der Waals surface area contributed by atoms with Gasteiger partial charge in [-0.2, -0.15) is 10.3 Å². The number of hydrogen-bond acceptors (Lipinski definition) is 5. The number of nitrogens with zero attached hydrogens (tertiary/aromatic N) is 2. The Kier molecular flexibility index (Phi) is 5.71. The zero-order valence-electron chi connectivity index (χ0n) is 15.4. The molecule has 2 aromatic rings. The molecule has 3 rings (SSSR count). The van der Waals surface area contributed by atoms with Crippen LogP contribution >= 0.6 is 11.6 Å². The third-order valence-corrected chi connectivity index (χ3v) is 4.84. The van der Waals surface area contributed by atoms with Crippen molar-refractivity contribution in [1.29, 1.82) is 5.26 Å². The summed E-state index contributed by atoms with van der Waals surface area (Å²) < 4.78 is 5.32. The van der Waals surface area contributed by atoms with Crippen molar-refractivity contribution in [3.63, 3.8) is 0 Å². The second kappa shape index (κ2) is 8.20. The van der Waals surface area contributed by atoms with Crippen LogP contribution in [0.3, 0.4) is 0 Å². The van der Waals surface area contributed by atoms with Crippen LogP contribution in [0.25, 0.3) is 0 Å². The molecule has 1 atom stereocenters. The van der Waals surface area contributed by atoms with E-state index in [4.69, 9.17) is 21.6 Å². The highest BCUT2D eigenvalue weighted by Crippen LogP contribution is 2.31. The van der Waals surface area contributed by atoms with Gasteiger partial charge in [0.15, 0.2) is 6.61 Å². The first-order valence-corrected chi connectivity index (χ1v) is 9.13. The van der Waals surface area contributed by atoms with Gasteiger partial charge in [0.1, 0.15) is 11.3 Å². The number of benzene rings is 2. The van der Waals surface area contributed by atoms with E-state index in [-0.39, 0.29) is 10.8 Å². The standard InChI is InChI=1S/C20H17ClN4O4/c1-2-20(14-6-4-3-5-7-14)18(27)25(19(28)23-20)24-17(26)12-29-16-9-8-13(11-22)10-15(16)21/h3-10H,2,12H2,1H3,(H,23,28)(H,24,26)/t20-/m1/s1. The molecule has 0 saturated carbocycles. The van der Waals surface area contributed by atoms with Crippen LogP contribution in [0, 0.1) is 11.3 Å². The maximum absolute atomic E-state index is 12.9. The SMILES string of the molecule is CC[C@]1(c2ccccc2)NC(=O)N(NC(=O)COc2ccc(C#N)cc2Cl)C1=O. The minimum Gasteiger partial charge on any atom is -0.482 e. The lowest BCUT2D eigenvalue weighted by atomic mass is 9.87. The monoisotopic (exact) mass is 412 g/mol. The molecule has 148 valence electrons. The molecule has 0 aromatic heterocycles. The van der Waals surface area contributed by atoms with E-state index in [9.17, 15) is 14.4 Å². The van der Waals surface area contributed by atoms with Crippen molar-refractivity contribution in [3.8, 4) is 11.8 Å². The second-order valence-corrected chi connectivity index (χ2v) is 6.68. The van der Waals surface area contributed by atoms with Crippen LogP contribution in [0.15, 0.2) is 48.5 Å². The number of ether oxygens (including phenoxy) is 1. The van der Waals surface area contributed by atoms with E-state index < -0.39 is 30.0 Å². The van der Waals surface area contributed by atoms with E-state index in [0.29, 0.717) is 22.6 Å². The fourth-order valence-electron chi connectivity index (χ4n) is 3.03. The highest BCUT2D eigenvalue weighted by atomic mass is 35.5. The normalized spacial score (nSPS) is 18.2. The molecule has 1 aliphatic rings. The van der Waals surface area contributed by atoms with Gasteiger partial charge in [-0.1, -0.05) is 48.9 Å². The molecule has 0 aliphatic carbocycles. The number of carbonyl (C=O) groups excluding carboxylic acids is 3. The summed E-state index contributed by atoms with van der Waals surface area (Å²) in [5.41, 5.74) is 1.99. The second-order valence-electron chi connectivity index (χ2n) is 6.28. The molecule has 0 radical (unpaired) electrons. The maximum atomic E-state index is 12.9. The Morgan fingerprint density at radius 1 is 1.28 bits per heavy atom. The van der Waals surface area contributed by atoms with Gasteiger partial charge >= 0.3 is 6.03 Å². The fourth-order valence-corrected chi connectivity index (χ4v) is 3.26. The molecule has 1 saturated heterocycles. The first-order chi connectivity index (χ1) is 13.9. The molecule has 1 fully saturated rings. The van der Waals surface area contributed by atoms with Crippen LogP contribution in [0.5, 0.6) is 5.75 Å². The topological polar surface area (TPSA) is 112 Å². The van der Waals surface area contributed by atoms with Gasteiger partial charge in [-0.25, -0.2) is 4.79 Å².